The molecular weight excluding hydrogens is 300 g/mol. The Kier molecular flexibility index (Phi) is 5.27. The van der Waals surface area contributed by atoms with E-state index in [-0.39, 0.29) is 18.0 Å². The lowest BCUT2D eigenvalue weighted by Crippen LogP contribution is -2.42. The molecule has 1 aromatic carbocycles. The summed E-state index contributed by atoms with van der Waals surface area (Å²) >= 11 is 1.41. The summed E-state index contributed by atoms with van der Waals surface area (Å²) in [5.74, 6) is -1.27. The first-order valence-corrected chi connectivity index (χ1v) is 7.88. The lowest BCUT2D eigenvalue weighted by molar-refractivity contribution is -0.139. The summed E-state index contributed by atoms with van der Waals surface area (Å²) < 4.78 is 0. The van der Waals surface area contributed by atoms with Gasteiger partial charge in [0.1, 0.15) is 11.7 Å². The minimum atomic E-state index is -1.06. The van der Waals surface area contributed by atoms with E-state index < -0.39 is 17.9 Å². The van der Waals surface area contributed by atoms with E-state index in [2.05, 4.69) is 10.3 Å². The van der Waals surface area contributed by atoms with Gasteiger partial charge in [0.25, 0.3) is 5.91 Å². The van der Waals surface area contributed by atoms with Gasteiger partial charge in [-0.2, -0.15) is 0 Å². The first-order chi connectivity index (χ1) is 10.5. The third-order valence-corrected chi connectivity index (χ3v) is 4.28. The van der Waals surface area contributed by atoms with Crippen LogP contribution < -0.4 is 5.32 Å². The molecule has 1 amide bonds. The monoisotopic (exact) mass is 318 g/mol. The van der Waals surface area contributed by atoms with Crippen molar-refractivity contribution in [2.45, 2.75) is 32.2 Å². The lowest BCUT2D eigenvalue weighted by Gasteiger charge is -2.13. The smallest absolute Gasteiger partial charge is 0.326 e. The van der Waals surface area contributed by atoms with Gasteiger partial charge in [0.2, 0.25) is 0 Å². The van der Waals surface area contributed by atoms with Gasteiger partial charge in [0.15, 0.2) is 0 Å². The van der Waals surface area contributed by atoms with Crippen LogP contribution in [0, 0.1) is 0 Å². The Labute approximate surface area is 133 Å². The van der Waals surface area contributed by atoms with Gasteiger partial charge in [-0.25, -0.2) is 9.78 Å². The van der Waals surface area contributed by atoms with E-state index in [9.17, 15) is 14.7 Å². The molecule has 2 aromatic rings. The number of thiazole rings is 1. The van der Waals surface area contributed by atoms with Crippen LogP contribution in [0.5, 0.6) is 0 Å². The number of hydrogen-bond donors (Lipinski definition) is 2. The van der Waals surface area contributed by atoms with Crippen molar-refractivity contribution in [1.29, 1.82) is 0 Å². The molecule has 0 fully saturated rings. The fraction of sp³-hybridized carbons (Fsp3) is 0.312. The van der Waals surface area contributed by atoms with Crippen LogP contribution in [-0.2, 0) is 11.2 Å². The van der Waals surface area contributed by atoms with E-state index in [4.69, 9.17) is 0 Å². The second-order valence-electron chi connectivity index (χ2n) is 5.28. The molecule has 0 saturated carbocycles. The zero-order chi connectivity index (χ0) is 16.1. The standard InChI is InChI=1S/C16H18N2O3S/c1-10(2)15-18-13(9-22-15)14(19)17-12(16(20)21)8-11-6-4-3-5-7-11/h3-7,9-10,12H,8H2,1-2H3,(H,17,19)(H,20,21)/t12-/m0/s1. The predicted octanol–water partition coefficient (Wildman–Crippen LogP) is 2.69. The summed E-state index contributed by atoms with van der Waals surface area (Å²) in [5.41, 5.74) is 1.13. The molecule has 1 atom stereocenters. The topological polar surface area (TPSA) is 79.3 Å². The highest BCUT2D eigenvalue weighted by Crippen LogP contribution is 2.19. The molecule has 1 aromatic heterocycles. The first-order valence-electron chi connectivity index (χ1n) is 7.00. The first kappa shape index (κ1) is 16.2. The van der Waals surface area contributed by atoms with Gasteiger partial charge < -0.3 is 10.4 Å². The maximum absolute atomic E-state index is 12.2. The number of nitrogens with zero attached hydrogens (tertiary/aromatic N) is 1. The number of nitrogens with one attached hydrogen (secondary N) is 1. The highest BCUT2D eigenvalue weighted by molar-refractivity contribution is 7.09. The number of carbonyl (C=O) groups excluding carboxylic acids is 1. The third-order valence-electron chi connectivity index (χ3n) is 3.13. The van der Waals surface area contributed by atoms with Crippen LogP contribution >= 0.6 is 11.3 Å². The molecule has 6 heteroatoms. The van der Waals surface area contributed by atoms with Crippen LogP contribution in [0.15, 0.2) is 35.7 Å². The van der Waals surface area contributed by atoms with Crippen molar-refractivity contribution in [3.63, 3.8) is 0 Å². The number of aromatic nitrogens is 1. The molecule has 116 valence electrons. The Morgan fingerprint density at radius 3 is 2.50 bits per heavy atom. The van der Waals surface area contributed by atoms with Crippen LogP contribution in [0.4, 0.5) is 0 Å². The molecule has 0 unspecified atom stereocenters. The molecule has 0 aliphatic carbocycles. The van der Waals surface area contributed by atoms with Crippen molar-refractivity contribution in [3.05, 3.63) is 52.0 Å². The number of carboxylic acid groups (broad SMARTS) is 1. The lowest BCUT2D eigenvalue weighted by atomic mass is 10.1. The molecule has 0 aliphatic heterocycles. The predicted molar refractivity (Wildman–Crippen MR) is 85.2 cm³/mol. The van der Waals surface area contributed by atoms with Crippen molar-refractivity contribution < 1.29 is 14.7 Å². The molecule has 5 nitrogen and oxygen atoms in total. The summed E-state index contributed by atoms with van der Waals surface area (Å²) in [6.45, 7) is 3.99. The zero-order valence-electron chi connectivity index (χ0n) is 12.4. The fourth-order valence-electron chi connectivity index (χ4n) is 1.94. The number of benzene rings is 1. The third kappa shape index (κ3) is 4.14. The summed E-state index contributed by atoms with van der Waals surface area (Å²) in [7, 11) is 0. The zero-order valence-corrected chi connectivity index (χ0v) is 13.3. The minimum absolute atomic E-state index is 0.239. The van der Waals surface area contributed by atoms with E-state index >= 15 is 0 Å². The van der Waals surface area contributed by atoms with Crippen molar-refractivity contribution in [1.82, 2.24) is 10.3 Å². The molecular formula is C16H18N2O3S. The maximum Gasteiger partial charge on any atom is 0.326 e. The molecule has 0 spiro atoms. The highest BCUT2D eigenvalue weighted by atomic mass is 32.1. The quantitative estimate of drug-likeness (QED) is 0.858. The van der Waals surface area contributed by atoms with Crippen LogP contribution in [-0.4, -0.2) is 28.0 Å². The van der Waals surface area contributed by atoms with E-state index in [1.807, 2.05) is 44.2 Å². The summed E-state index contributed by atoms with van der Waals surface area (Å²) in [6, 6.07) is 8.24. The van der Waals surface area contributed by atoms with E-state index in [0.29, 0.717) is 0 Å². The molecule has 22 heavy (non-hydrogen) atoms. The average molecular weight is 318 g/mol. The van der Waals surface area contributed by atoms with Gasteiger partial charge >= 0.3 is 5.97 Å². The van der Waals surface area contributed by atoms with Crippen molar-refractivity contribution in [2.24, 2.45) is 0 Å². The average Bonchev–Trinajstić information content (AvgIpc) is 2.97. The van der Waals surface area contributed by atoms with Crippen molar-refractivity contribution in [2.75, 3.05) is 0 Å². The fourth-order valence-corrected chi connectivity index (χ4v) is 2.75. The Hall–Kier alpha value is -2.21. The molecule has 1 heterocycles. The second-order valence-corrected chi connectivity index (χ2v) is 6.17. The Morgan fingerprint density at radius 1 is 1.27 bits per heavy atom. The van der Waals surface area contributed by atoms with Gasteiger partial charge in [-0.1, -0.05) is 44.2 Å². The van der Waals surface area contributed by atoms with Crippen molar-refractivity contribution >= 4 is 23.2 Å². The van der Waals surface area contributed by atoms with E-state index in [0.717, 1.165) is 10.6 Å². The summed E-state index contributed by atoms with van der Waals surface area (Å²) in [5, 5.41) is 14.4. The number of carbonyl (C=O) groups is 2. The Morgan fingerprint density at radius 2 is 1.95 bits per heavy atom. The van der Waals surface area contributed by atoms with Gasteiger partial charge in [0, 0.05) is 17.7 Å². The van der Waals surface area contributed by atoms with E-state index in [1.165, 1.54) is 11.3 Å². The molecule has 0 bridgehead atoms. The largest absolute Gasteiger partial charge is 0.480 e. The normalized spacial score (nSPS) is 12.1. The van der Waals surface area contributed by atoms with Crippen LogP contribution in [0.1, 0.15) is 40.8 Å². The van der Waals surface area contributed by atoms with E-state index in [1.54, 1.807) is 5.38 Å². The number of aliphatic carboxylic acids is 1. The summed E-state index contributed by atoms with van der Waals surface area (Å²) in [6.07, 6.45) is 0.239. The number of amides is 1. The number of rotatable bonds is 6. The van der Waals surface area contributed by atoms with Crippen LogP contribution in [0.2, 0.25) is 0 Å². The van der Waals surface area contributed by atoms with Crippen LogP contribution in [0.3, 0.4) is 0 Å². The maximum atomic E-state index is 12.2. The Balaban J connectivity index is 2.07. The van der Waals surface area contributed by atoms with Gasteiger partial charge in [0.05, 0.1) is 5.01 Å². The molecule has 0 saturated heterocycles. The second kappa shape index (κ2) is 7.17. The summed E-state index contributed by atoms with van der Waals surface area (Å²) in [4.78, 5) is 27.7. The van der Waals surface area contributed by atoms with Gasteiger partial charge in [-0.3, -0.25) is 4.79 Å². The molecule has 0 radical (unpaired) electrons. The van der Waals surface area contributed by atoms with Gasteiger partial charge in [-0.15, -0.1) is 11.3 Å². The molecule has 2 rings (SSSR count). The Bertz CT molecular complexity index is 652. The van der Waals surface area contributed by atoms with Gasteiger partial charge in [-0.05, 0) is 5.56 Å². The molecule has 2 N–H and O–H groups in total. The van der Waals surface area contributed by atoms with Crippen LogP contribution in [0.25, 0.3) is 0 Å². The SMILES string of the molecule is CC(C)c1nc(C(=O)N[C@@H](Cc2ccccc2)C(=O)O)cs1. The minimum Gasteiger partial charge on any atom is -0.480 e. The highest BCUT2D eigenvalue weighted by Gasteiger charge is 2.22. The molecule has 0 aliphatic rings. The number of carboxylic acids is 1. The van der Waals surface area contributed by atoms with Crippen molar-refractivity contribution in [3.8, 4) is 0 Å². The number of hydrogen-bond acceptors (Lipinski definition) is 4.